The van der Waals surface area contributed by atoms with Crippen molar-refractivity contribution < 1.29 is 4.79 Å². The summed E-state index contributed by atoms with van der Waals surface area (Å²) in [6, 6.07) is 2.88. The van der Waals surface area contributed by atoms with Gasteiger partial charge in [0.25, 0.3) is 17.0 Å². The number of nitrogens with zero attached hydrogens (tertiary/aromatic N) is 5. The highest BCUT2D eigenvalue weighted by Crippen LogP contribution is 2.30. The van der Waals surface area contributed by atoms with Gasteiger partial charge in [-0.2, -0.15) is 5.10 Å². The summed E-state index contributed by atoms with van der Waals surface area (Å²) in [6.45, 7) is 6.29. The quantitative estimate of drug-likeness (QED) is 0.807. The van der Waals surface area contributed by atoms with Gasteiger partial charge in [-0.25, -0.2) is 9.67 Å². The lowest BCUT2D eigenvalue weighted by Gasteiger charge is -2.36. The number of likely N-dealkylation sites (tertiary alicyclic amines) is 1. The Morgan fingerprint density at radius 1 is 1.20 bits per heavy atom. The summed E-state index contributed by atoms with van der Waals surface area (Å²) in [5, 5.41) is 4.10. The van der Waals surface area contributed by atoms with Gasteiger partial charge in [0.2, 0.25) is 0 Å². The van der Waals surface area contributed by atoms with Gasteiger partial charge < -0.3 is 9.88 Å². The summed E-state index contributed by atoms with van der Waals surface area (Å²) < 4.78 is 1.16. The average molecular weight is 412 g/mol. The number of carbonyl (C=O) groups excluding carboxylic acids is 1. The highest BCUT2D eigenvalue weighted by Gasteiger charge is 2.33. The Morgan fingerprint density at radius 3 is 2.73 bits per heavy atom. The number of hydrogen-bond donors (Lipinski definition) is 1. The lowest BCUT2D eigenvalue weighted by atomic mass is 9.99. The van der Waals surface area contributed by atoms with Crippen molar-refractivity contribution in [1.82, 2.24) is 29.5 Å². The summed E-state index contributed by atoms with van der Waals surface area (Å²) in [5.74, 6) is 0.302. The van der Waals surface area contributed by atoms with Crippen molar-refractivity contribution in [3.05, 3.63) is 55.6 Å². The maximum Gasteiger partial charge on any atom is 0.274 e. The Labute approximate surface area is 174 Å². The number of aromatic amines is 1. The first-order chi connectivity index (χ1) is 14.3. The Hall–Kier alpha value is -2.81. The molecule has 9 nitrogen and oxygen atoms in total. The van der Waals surface area contributed by atoms with Crippen LogP contribution < -0.4 is 11.1 Å². The van der Waals surface area contributed by atoms with E-state index in [0.29, 0.717) is 25.0 Å². The van der Waals surface area contributed by atoms with E-state index in [4.69, 9.17) is 4.98 Å². The average Bonchev–Trinajstić information content (AvgIpc) is 2.74. The van der Waals surface area contributed by atoms with Crippen molar-refractivity contribution in [2.24, 2.45) is 7.05 Å². The van der Waals surface area contributed by atoms with E-state index in [-0.39, 0.29) is 28.8 Å². The molecule has 0 aliphatic carbocycles. The number of hydrogen-bond acceptors (Lipinski definition) is 6. The van der Waals surface area contributed by atoms with Gasteiger partial charge >= 0.3 is 0 Å². The van der Waals surface area contributed by atoms with Gasteiger partial charge in [0, 0.05) is 45.2 Å². The number of aromatic nitrogens is 4. The van der Waals surface area contributed by atoms with Crippen LogP contribution in [0.4, 0.5) is 0 Å². The second kappa shape index (κ2) is 8.14. The predicted octanol–water partition coefficient (Wildman–Crippen LogP) is 0.998. The van der Waals surface area contributed by atoms with Gasteiger partial charge in [-0.3, -0.25) is 19.3 Å². The largest absolute Gasteiger partial charge is 0.327 e. The molecule has 1 fully saturated rings. The maximum atomic E-state index is 13.2. The van der Waals surface area contributed by atoms with Crippen molar-refractivity contribution in [2.45, 2.75) is 58.2 Å². The van der Waals surface area contributed by atoms with E-state index in [0.717, 1.165) is 48.2 Å². The Balaban J connectivity index is 1.66. The zero-order chi connectivity index (χ0) is 21.4. The van der Waals surface area contributed by atoms with Crippen molar-refractivity contribution in [2.75, 3.05) is 13.1 Å². The van der Waals surface area contributed by atoms with Gasteiger partial charge in [-0.1, -0.05) is 0 Å². The molecule has 1 saturated heterocycles. The second-order valence-electron chi connectivity index (χ2n) is 8.38. The minimum Gasteiger partial charge on any atom is -0.327 e. The predicted molar refractivity (Wildman–Crippen MR) is 111 cm³/mol. The Kier molecular flexibility index (Phi) is 5.55. The van der Waals surface area contributed by atoms with Crippen molar-refractivity contribution >= 4 is 5.91 Å². The highest BCUT2D eigenvalue weighted by molar-refractivity contribution is 5.92. The van der Waals surface area contributed by atoms with Crippen LogP contribution in [0, 0.1) is 0 Å². The Morgan fingerprint density at radius 2 is 2.00 bits per heavy atom. The molecule has 4 rings (SSSR count). The Bertz CT molecular complexity index is 1070. The van der Waals surface area contributed by atoms with E-state index < -0.39 is 0 Å². The van der Waals surface area contributed by atoms with Crippen LogP contribution in [0.3, 0.4) is 0 Å². The maximum absolute atomic E-state index is 13.2. The molecular formula is C21H28N6O3. The molecule has 2 aliphatic heterocycles. The molecular weight excluding hydrogens is 384 g/mol. The number of H-pyrrole nitrogens is 1. The van der Waals surface area contributed by atoms with E-state index in [1.807, 2.05) is 0 Å². The third kappa shape index (κ3) is 3.81. The summed E-state index contributed by atoms with van der Waals surface area (Å²) >= 11 is 0. The molecule has 1 amide bonds. The van der Waals surface area contributed by atoms with E-state index in [2.05, 4.69) is 28.8 Å². The third-order valence-corrected chi connectivity index (χ3v) is 6.11. The molecule has 0 bridgehead atoms. The van der Waals surface area contributed by atoms with Gasteiger partial charge in [0.05, 0.1) is 17.3 Å². The number of nitrogens with one attached hydrogen (secondary N) is 1. The molecule has 160 valence electrons. The number of amides is 1. The molecule has 2 aromatic heterocycles. The SMILES string of the molecule is CC(C)N1CCc2nc([C@H]3CCCCN3C(=O)c3ccc(=O)n(C)n3)[nH]c(=O)c2C1. The molecule has 4 heterocycles. The van der Waals surface area contributed by atoms with Crippen LogP contribution in [0.25, 0.3) is 0 Å². The monoisotopic (exact) mass is 412 g/mol. The van der Waals surface area contributed by atoms with Gasteiger partial charge in [-0.05, 0) is 39.2 Å². The van der Waals surface area contributed by atoms with Crippen LogP contribution in [0.5, 0.6) is 0 Å². The fourth-order valence-corrected chi connectivity index (χ4v) is 4.29. The topological polar surface area (TPSA) is 104 Å². The third-order valence-electron chi connectivity index (χ3n) is 6.11. The van der Waals surface area contributed by atoms with E-state index in [1.165, 1.54) is 19.2 Å². The van der Waals surface area contributed by atoms with Gasteiger partial charge in [0.15, 0.2) is 0 Å². The molecule has 9 heteroatoms. The van der Waals surface area contributed by atoms with Crippen molar-refractivity contribution in [3.63, 3.8) is 0 Å². The minimum absolute atomic E-state index is 0.112. The molecule has 30 heavy (non-hydrogen) atoms. The van der Waals surface area contributed by atoms with E-state index in [9.17, 15) is 14.4 Å². The second-order valence-corrected chi connectivity index (χ2v) is 8.38. The molecule has 1 atom stereocenters. The number of carbonyl (C=O) groups is 1. The number of piperidine rings is 1. The molecule has 0 aromatic carbocycles. The van der Waals surface area contributed by atoms with Gasteiger partial charge in [0.1, 0.15) is 11.5 Å². The molecule has 0 unspecified atom stereocenters. The smallest absolute Gasteiger partial charge is 0.274 e. The van der Waals surface area contributed by atoms with Crippen LogP contribution in [-0.2, 0) is 20.0 Å². The molecule has 2 aliphatic rings. The zero-order valence-electron chi connectivity index (χ0n) is 17.7. The summed E-state index contributed by atoms with van der Waals surface area (Å²) in [4.78, 5) is 49.4. The molecule has 0 saturated carbocycles. The van der Waals surface area contributed by atoms with Crippen molar-refractivity contribution in [3.8, 4) is 0 Å². The molecule has 2 aromatic rings. The summed E-state index contributed by atoms with van der Waals surface area (Å²) in [7, 11) is 1.52. The van der Waals surface area contributed by atoms with Crippen LogP contribution in [0.2, 0.25) is 0 Å². The number of fused-ring (bicyclic) bond motifs is 1. The van der Waals surface area contributed by atoms with Crippen molar-refractivity contribution in [1.29, 1.82) is 0 Å². The highest BCUT2D eigenvalue weighted by atomic mass is 16.2. The first-order valence-electron chi connectivity index (χ1n) is 10.6. The van der Waals surface area contributed by atoms with Crippen LogP contribution >= 0.6 is 0 Å². The molecule has 0 spiro atoms. The zero-order valence-corrected chi connectivity index (χ0v) is 17.7. The number of aryl methyl sites for hydroxylation is 1. The normalized spacial score (nSPS) is 19.7. The van der Waals surface area contributed by atoms with Gasteiger partial charge in [-0.15, -0.1) is 0 Å². The molecule has 1 N–H and O–H groups in total. The van der Waals surface area contributed by atoms with Crippen LogP contribution in [0.15, 0.2) is 21.7 Å². The standard InChI is InChI=1S/C21H28N6O3/c1-13(2)26-11-9-15-14(12-26)20(29)23-19(22-15)17-6-4-5-10-27(17)21(30)16-7-8-18(28)25(3)24-16/h7-8,13,17H,4-6,9-12H2,1-3H3,(H,22,23,29)/t17-/m1/s1. The fourth-order valence-electron chi connectivity index (χ4n) is 4.29. The minimum atomic E-state index is -0.300. The first-order valence-corrected chi connectivity index (χ1v) is 10.6. The first kappa shape index (κ1) is 20.5. The van der Waals surface area contributed by atoms with Crippen LogP contribution in [-0.4, -0.2) is 54.6 Å². The fraction of sp³-hybridized carbons (Fsp3) is 0.571. The molecule has 0 radical (unpaired) electrons. The summed E-state index contributed by atoms with van der Waals surface area (Å²) in [5.41, 5.74) is 1.41. The van der Waals surface area contributed by atoms with Crippen LogP contribution in [0.1, 0.15) is 66.7 Å². The van der Waals surface area contributed by atoms with E-state index >= 15 is 0 Å². The number of rotatable bonds is 3. The van der Waals surface area contributed by atoms with E-state index in [1.54, 1.807) is 4.90 Å². The lowest BCUT2D eigenvalue weighted by molar-refractivity contribution is 0.0589. The summed E-state index contributed by atoms with van der Waals surface area (Å²) in [6.07, 6.45) is 3.30. The lowest BCUT2D eigenvalue weighted by Crippen LogP contribution is -2.43.